The van der Waals surface area contributed by atoms with Gasteiger partial charge < -0.3 is 9.32 Å². The van der Waals surface area contributed by atoms with Crippen molar-refractivity contribution >= 4 is 5.69 Å². The maximum atomic E-state index is 13.0. The Balaban J connectivity index is 1.63. The molecule has 3 aromatic rings. The fraction of sp³-hybridized carbons (Fsp3) is 0.286. The van der Waals surface area contributed by atoms with Gasteiger partial charge in [0.2, 0.25) is 5.89 Å². The molecule has 4 rings (SSSR count). The Morgan fingerprint density at radius 1 is 1.15 bits per heavy atom. The minimum Gasteiger partial charge on any atom is -0.441 e. The lowest BCUT2D eigenvalue weighted by Gasteiger charge is -2.24. The minimum absolute atomic E-state index is 0.216. The van der Waals surface area contributed by atoms with E-state index in [0.29, 0.717) is 23.9 Å². The molecule has 2 heterocycles. The van der Waals surface area contributed by atoms with Crippen LogP contribution in [0.4, 0.5) is 18.9 Å². The lowest BCUT2D eigenvalue weighted by Crippen LogP contribution is -2.29. The zero-order chi connectivity index (χ0) is 19.2. The zero-order valence-corrected chi connectivity index (χ0v) is 15.0. The van der Waals surface area contributed by atoms with Crippen LogP contribution in [-0.2, 0) is 19.1 Å². The highest BCUT2D eigenvalue weighted by Crippen LogP contribution is 2.35. The standard InChI is InChI=1S/C21H19F3N2O/c1-13-10-15-6-3-4-9-19(15)26(13)12-18-14(2)27-20(25-18)16-7-5-8-17(11-16)21(22,23)24/h3-9,11,13H,10,12H2,1-2H3. The van der Waals surface area contributed by atoms with Crippen LogP contribution < -0.4 is 4.90 Å². The third kappa shape index (κ3) is 3.31. The Morgan fingerprint density at radius 2 is 1.93 bits per heavy atom. The van der Waals surface area contributed by atoms with E-state index in [0.717, 1.165) is 24.2 Å². The SMILES string of the molecule is Cc1oc(-c2cccc(C(F)(F)F)c2)nc1CN1c2ccccc2CC1C. The first-order valence-electron chi connectivity index (χ1n) is 8.81. The molecule has 1 aromatic heterocycles. The molecule has 1 atom stereocenters. The average molecular weight is 372 g/mol. The molecule has 1 aliphatic heterocycles. The molecule has 0 bridgehead atoms. The number of halogens is 3. The number of anilines is 1. The second kappa shape index (κ2) is 6.44. The number of alkyl halides is 3. The van der Waals surface area contributed by atoms with Gasteiger partial charge in [0.15, 0.2) is 0 Å². The Bertz CT molecular complexity index is 978. The van der Waals surface area contributed by atoms with E-state index in [1.807, 2.05) is 12.1 Å². The molecule has 140 valence electrons. The Kier molecular flexibility index (Phi) is 4.21. The molecule has 1 aliphatic rings. The molecule has 1 unspecified atom stereocenters. The van der Waals surface area contributed by atoms with E-state index < -0.39 is 11.7 Å². The van der Waals surface area contributed by atoms with Crippen molar-refractivity contribution in [1.29, 1.82) is 0 Å². The summed E-state index contributed by atoms with van der Waals surface area (Å²) in [6.45, 7) is 4.52. The molecule has 0 fully saturated rings. The second-order valence-corrected chi connectivity index (χ2v) is 6.91. The summed E-state index contributed by atoms with van der Waals surface area (Å²) in [5.41, 5.74) is 2.83. The fourth-order valence-corrected chi connectivity index (χ4v) is 3.56. The topological polar surface area (TPSA) is 29.3 Å². The van der Waals surface area contributed by atoms with E-state index in [2.05, 4.69) is 28.9 Å². The van der Waals surface area contributed by atoms with Crippen LogP contribution in [0.25, 0.3) is 11.5 Å². The van der Waals surface area contributed by atoms with Gasteiger partial charge in [0.1, 0.15) is 11.5 Å². The normalized spacial score (nSPS) is 16.6. The summed E-state index contributed by atoms with van der Waals surface area (Å²) in [5.74, 6) is 0.840. The van der Waals surface area contributed by atoms with Gasteiger partial charge in [-0.15, -0.1) is 0 Å². The highest BCUT2D eigenvalue weighted by atomic mass is 19.4. The summed E-state index contributed by atoms with van der Waals surface area (Å²) in [4.78, 5) is 6.76. The summed E-state index contributed by atoms with van der Waals surface area (Å²) in [6.07, 6.45) is -3.43. The van der Waals surface area contributed by atoms with Crippen LogP contribution in [0.2, 0.25) is 0 Å². The van der Waals surface area contributed by atoms with E-state index >= 15 is 0 Å². The van der Waals surface area contributed by atoms with Gasteiger partial charge in [-0.25, -0.2) is 4.98 Å². The van der Waals surface area contributed by atoms with Crippen LogP contribution in [0.3, 0.4) is 0 Å². The van der Waals surface area contributed by atoms with Crippen molar-refractivity contribution in [1.82, 2.24) is 4.98 Å². The van der Waals surface area contributed by atoms with Gasteiger partial charge in [0.05, 0.1) is 12.1 Å². The third-order valence-corrected chi connectivity index (χ3v) is 5.00. The number of hydrogen-bond donors (Lipinski definition) is 0. The smallest absolute Gasteiger partial charge is 0.416 e. The van der Waals surface area contributed by atoms with E-state index in [4.69, 9.17) is 4.42 Å². The summed E-state index contributed by atoms with van der Waals surface area (Å²) in [5, 5.41) is 0. The molecule has 0 aliphatic carbocycles. The summed E-state index contributed by atoms with van der Waals surface area (Å²) in [6, 6.07) is 13.6. The van der Waals surface area contributed by atoms with Crippen LogP contribution in [0.5, 0.6) is 0 Å². The molecule has 0 saturated carbocycles. The number of rotatable bonds is 3. The molecule has 2 aromatic carbocycles. The van der Waals surface area contributed by atoms with Gasteiger partial charge in [-0.05, 0) is 50.1 Å². The number of benzene rings is 2. The maximum Gasteiger partial charge on any atom is 0.416 e. The van der Waals surface area contributed by atoms with Gasteiger partial charge in [-0.1, -0.05) is 24.3 Å². The first-order valence-corrected chi connectivity index (χ1v) is 8.81. The lowest BCUT2D eigenvalue weighted by molar-refractivity contribution is -0.137. The number of fused-ring (bicyclic) bond motifs is 1. The Morgan fingerprint density at radius 3 is 2.70 bits per heavy atom. The van der Waals surface area contributed by atoms with Crippen LogP contribution in [0, 0.1) is 6.92 Å². The first-order chi connectivity index (χ1) is 12.8. The largest absolute Gasteiger partial charge is 0.441 e. The average Bonchev–Trinajstić information content (AvgIpc) is 3.15. The van der Waals surface area contributed by atoms with Crippen LogP contribution >= 0.6 is 0 Å². The maximum absolute atomic E-state index is 13.0. The minimum atomic E-state index is -4.39. The Labute approximate surface area is 155 Å². The van der Waals surface area contributed by atoms with Gasteiger partial charge >= 0.3 is 6.18 Å². The molecular weight excluding hydrogens is 353 g/mol. The predicted molar refractivity (Wildman–Crippen MR) is 97.5 cm³/mol. The van der Waals surface area contributed by atoms with E-state index in [1.165, 1.54) is 17.3 Å². The van der Waals surface area contributed by atoms with Crippen molar-refractivity contribution < 1.29 is 17.6 Å². The third-order valence-electron chi connectivity index (χ3n) is 5.00. The molecule has 27 heavy (non-hydrogen) atoms. The molecule has 0 spiro atoms. The van der Waals surface area contributed by atoms with E-state index in [9.17, 15) is 13.2 Å². The number of oxazole rings is 1. The first kappa shape index (κ1) is 17.6. The van der Waals surface area contributed by atoms with E-state index in [-0.39, 0.29) is 5.89 Å². The van der Waals surface area contributed by atoms with Gasteiger partial charge in [-0.3, -0.25) is 0 Å². The van der Waals surface area contributed by atoms with Crippen molar-refractivity contribution in [2.45, 2.75) is 39.0 Å². The second-order valence-electron chi connectivity index (χ2n) is 6.91. The number of aryl methyl sites for hydroxylation is 1. The van der Waals surface area contributed by atoms with Crippen LogP contribution in [0.15, 0.2) is 52.9 Å². The number of para-hydroxylation sites is 1. The summed E-state index contributed by atoms with van der Waals surface area (Å²) >= 11 is 0. The molecule has 0 amide bonds. The fourth-order valence-electron chi connectivity index (χ4n) is 3.56. The van der Waals surface area contributed by atoms with Crippen molar-refractivity contribution in [2.75, 3.05) is 4.90 Å². The molecule has 0 saturated heterocycles. The zero-order valence-electron chi connectivity index (χ0n) is 15.0. The molecule has 3 nitrogen and oxygen atoms in total. The number of nitrogens with zero attached hydrogens (tertiary/aromatic N) is 2. The van der Waals surface area contributed by atoms with Crippen molar-refractivity contribution in [3.8, 4) is 11.5 Å². The van der Waals surface area contributed by atoms with E-state index in [1.54, 1.807) is 13.0 Å². The summed E-state index contributed by atoms with van der Waals surface area (Å²) < 4.78 is 44.6. The highest BCUT2D eigenvalue weighted by molar-refractivity contribution is 5.60. The number of hydrogen-bond acceptors (Lipinski definition) is 3. The van der Waals surface area contributed by atoms with Gasteiger partial charge in [0, 0.05) is 17.3 Å². The van der Waals surface area contributed by atoms with Crippen molar-refractivity contribution in [3.05, 3.63) is 71.1 Å². The van der Waals surface area contributed by atoms with Crippen molar-refractivity contribution in [3.63, 3.8) is 0 Å². The molecule has 0 N–H and O–H groups in total. The summed E-state index contributed by atoms with van der Waals surface area (Å²) in [7, 11) is 0. The van der Waals surface area contributed by atoms with Gasteiger partial charge in [-0.2, -0.15) is 13.2 Å². The molecule has 6 heteroatoms. The highest BCUT2D eigenvalue weighted by Gasteiger charge is 2.31. The quantitative estimate of drug-likeness (QED) is 0.598. The Hall–Kier alpha value is -2.76. The lowest BCUT2D eigenvalue weighted by atomic mass is 10.1. The number of aromatic nitrogens is 1. The van der Waals surface area contributed by atoms with Crippen LogP contribution in [-0.4, -0.2) is 11.0 Å². The monoisotopic (exact) mass is 372 g/mol. The molecular formula is C21H19F3N2O. The van der Waals surface area contributed by atoms with Gasteiger partial charge in [0.25, 0.3) is 0 Å². The molecule has 0 radical (unpaired) electrons. The van der Waals surface area contributed by atoms with Crippen molar-refractivity contribution in [2.24, 2.45) is 0 Å². The van der Waals surface area contributed by atoms with Crippen LogP contribution in [0.1, 0.15) is 29.5 Å². The predicted octanol–water partition coefficient (Wildman–Crippen LogP) is 5.62.